The molecule has 0 aromatic heterocycles. The van der Waals surface area contributed by atoms with Crippen molar-refractivity contribution in [3.05, 3.63) is 90.0 Å². The number of anilines is 1. The second kappa shape index (κ2) is 11.7. The van der Waals surface area contributed by atoms with Crippen LogP contribution in [0.2, 0.25) is 0 Å². The van der Waals surface area contributed by atoms with Gasteiger partial charge in [-0.3, -0.25) is 13.9 Å². The smallest absolute Gasteiger partial charge is 0.244 e. The molecule has 0 spiro atoms. The van der Waals surface area contributed by atoms with Crippen LogP contribution in [0.1, 0.15) is 18.1 Å². The van der Waals surface area contributed by atoms with Gasteiger partial charge in [0.05, 0.1) is 11.9 Å². The number of hydrogen-bond acceptors (Lipinski definition) is 5. The average molecular weight is 510 g/mol. The monoisotopic (exact) mass is 509 g/mol. The summed E-state index contributed by atoms with van der Waals surface area (Å²) in [4.78, 5) is 27.2. The minimum atomic E-state index is -3.80. The van der Waals surface area contributed by atoms with E-state index in [1.54, 1.807) is 31.2 Å². The number of nitrogens with zero attached hydrogens (tertiary/aromatic N) is 2. The molecule has 0 radical (unpaired) electrons. The van der Waals surface area contributed by atoms with Crippen molar-refractivity contribution < 1.29 is 22.7 Å². The van der Waals surface area contributed by atoms with Crippen molar-refractivity contribution in [1.29, 1.82) is 0 Å². The molecule has 3 aromatic rings. The summed E-state index contributed by atoms with van der Waals surface area (Å²) in [6.07, 6.45) is 1.04. The van der Waals surface area contributed by atoms with Crippen LogP contribution in [0.25, 0.3) is 0 Å². The predicted octanol–water partition coefficient (Wildman–Crippen LogP) is 3.72. The summed E-state index contributed by atoms with van der Waals surface area (Å²) in [5.74, 6) is 0.335. The summed E-state index contributed by atoms with van der Waals surface area (Å²) in [5.41, 5.74) is 2.17. The third-order valence-corrected chi connectivity index (χ3v) is 6.77. The fourth-order valence-electron chi connectivity index (χ4n) is 3.72. The Labute approximate surface area is 212 Å². The van der Waals surface area contributed by atoms with Crippen LogP contribution >= 0.6 is 0 Å². The normalized spacial score (nSPS) is 11.9. The van der Waals surface area contributed by atoms with Crippen LogP contribution in [-0.2, 0) is 26.2 Å². The molecule has 190 valence electrons. The van der Waals surface area contributed by atoms with Crippen LogP contribution in [-0.4, -0.2) is 51.0 Å². The molecule has 0 saturated carbocycles. The van der Waals surface area contributed by atoms with Gasteiger partial charge in [0.1, 0.15) is 24.1 Å². The van der Waals surface area contributed by atoms with E-state index < -0.39 is 28.5 Å². The van der Waals surface area contributed by atoms with Crippen LogP contribution in [0.3, 0.4) is 0 Å². The molecular weight excluding hydrogens is 478 g/mol. The third kappa shape index (κ3) is 7.08. The lowest BCUT2D eigenvalue weighted by Crippen LogP contribution is -2.50. The number of likely N-dealkylation sites (N-methyl/N-ethyl adjacent to an activating group) is 1. The lowest BCUT2D eigenvalue weighted by Gasteiger charge is -2.31. The van der Waals surface area contributed by atoms with Crippen molar-refractivity contribution >= 4 is 27.5 Å². The molecule has 0 saturated heterocycles. The van der Waals surface area contributed by atoms with Gasteiger partial charge in [-0.1, -0.05) is 48.0 Å². The summed E-state index contributed by atoms with van der Waals surface area (Å²) in [6.45, 7) is 3.27. The first-order chi connectivity index (χ1) is 17.1. The van der Waals surface area contributed by atoms with Crippen LogP contribution in [0.15, 0.2) is 78.9 Å². The number of hydrogen-bond donors (Lipinski definition) is 1. The van der Waals surface area contributed by atoms with Crippen molar-refractivity contribution in [3.63, 3.8) is 0 Å². The first kappa shape index (κ1) is 26.7. The number of benzene rings is 3. The summed E-state index contributed by atoms with van der Waals surface area (Å²) in [6, 6.07) is 22.5. The Hall–Kier alpha value is -3.85. The number of rotatable bonds is 10. The third-order valence-electron chi connectivity index (χ3n) is 5.63. The van der Waals surface area contributed by atoms with Crippen LogP contribution in [0, 0.1) is 6.92 Å². The van der Waals surface area contributed by atoms with E-state index in [1.807, 2.05) is 61.5 Å². The molecule has 0 heterocycles. The molecule has 0 fully saturated rings. The molecule has 3 aromatic carbocycles. The molecule has 1 N–H and O–H groups in total. The Balaban J connectivity index is 1.85. The fraction of sp³-hybridized carbons (Fsp3) is 0.259. The molecular formula is C27H31N3O5S. The minimum absolute atomic E-state index is 0.163. The number of sulfonamides is 1. The maximum absolute atomic E-state index is 13.4. The van der Waals surface area contributed by atoms with E-state index in [4.69, 9.17) is 4.74 Å². The SMILES string of the molecule is CNC(=O)C(C)N(Cc1cccc(C)c1)C(=O)CN(c1ccc(Oc2ccccc2)cc1)S(C)(=O)=O. The van der Waals surface area contributed by atoms with Gasteiger partial charge in [-0.05, 0) is 55.8 Å². The van der Waals surface area contributed by atoms with Crippen molar-refractivity contribution in [2.24, 2.45) is 0 Å². The van der Waals surface area contributed by atoms with Crippen LogP contribution < -0.4 is 14.4 Å². The molecule has 0 aliphatic rings. The van der Waals surface area contributed by atoms with Gasteiger partial charge in [-0.15, -0.1) is 0 Å². The van der Waals surface area contributed by atoms with Gasteiger partial charge in [0, 0.05) is 13.6 Å². The van der Waals surface area contributed by atoms with Crippen molar-refractivity contribution in [3.8, 4) is 11.5 Å². The maximum atomic E-state index is 13.4. The summed E-state index contributed by atoms with van der Waals surface area (Å²) in [7, 11) is -2.31. The highest BCUT2D eigenvalue weighted by atomic mass is 32.2. The number of carbonyl (C=O) groups is 2. The van der Waals surface area contributed by atoms with Gasteiger partial charge in [0.15, 0.2) is 0 Å². The molecule has 9 heteroatoms. The van der Waals surface area contributed by atoms with E-state index in [9.17, 15) is 18.0 Å². The van der Waals surface area contributed by atoms with Gasteiger partial charge in [-0.25, -0.2) is 8.42 Å². The average Bonchev–Trinajstić information content (AvgIpc) is 2.85. The highest BCUT2D eigenvalue weighted by molar-refractivity contribution is 7.92. The number of para-hydroxylation sites is 1. The summed E-state index contributed by atoms with van der Waals surface area (Å²) in [5, 5.41) is 2.56. The summed E-state index contributed by atoms with van der Waals surface area (Å²) >= 11 is 0. The van der Waals surface area contributed by atoms with E-state index in [0.717, 1.165) is 21.7 Å². The fourth-order valence-corrected chi connectivity index (χ4v) is 4.57. The summed E-state index contributed by atoms with van der Waals surface area (Å²) < 4.78 is 32.2. The van der Waals surface area contributed by atoms with Gasteiger partial charge >= 0.3 is 0 Å². The lowest BCUT2D eigenvalue weighted by atomic mass is 10.1. The second-order valence-corrected chi connectivity index (χ2v) is 10.4. The van der Waals surface area contributed by atoms with Gasteiger partial charge < -0.3 is 15.0 Å². The molecule has 0 bridgehead atoms. The number of aryl methyl sites for hydroxylation is 1. The highest BCUT2D eigenvalue weighted by Gasteiger charge is 2.29. The van der Waals surface area contributed by atoms with Gasteiger partial charge in [0.2, 0.25) is 21.8 Å². The zero-order chi connectivity index (χ0) is 26.3. The Morgan fingerprint density at radius 2 is 1.58 bits per heavy atom. The molecule has 0 aliphatic carbocycles. The topological polar surface area (TPSA) is 96.0 Å². The number of amides is 2. The van der Waals surface area contributed by atoms with Crippen LogP contribution in [0.4, 0.5) is 5.69 Å². The molecule has 36 heavy (non-hydrogen) atoms. The van der Waals surface area contributed by atoms with E-state index >= 15 is 0 Å². The van der Waals surface area contributed by atoms with Gasteiger partial charge in [-0.2, -0.15) is 0 Å². The van der Waals surface area contributed by atoms with E-state index in [-0.39, 0.29) is 12.5 Å². The van der Waals surface area contributed by atoms with Crippen LogP contribution in [0.5, 0.6) is 11.5 Å². The largest absolute Gasteiger partial charge is 0.457 e. The maximum Gasteiger partial charge on any atom is 0.244 e. The quantitative estimate of drug-likeness (QED) is 0.450. The number of ether oxygens (including phenoxy) is 1. The molecule has 2 amide bonds. The zero-order valence-electron chi connectivity index (χ0n) is 20.8. The van der Waals surface area contributed by atoms with E-state index in [1.165, 1.54) is 11.9 Å². The molecule has 0 aliphatic heterocycles. The second-order valence-electron chi connectivity index (χ2n) is 8.48. The van der Waals surface area contributed by atoms with Crippen molar-refractivity contribution in [1.82, 2.24) is 10.2 Å². The Bertz CT molecular complexity index is 1290. The zero-order valence-corrected chi connectivity index (χ0v) is 21.7. The minimum Gasteiger partial charge on any atom is -0.457 e. The van der Waals surface area contributed by atoms with Gasteiger partial charge in [0.25, 0.3) is 0 Å². The molecule has 1 unspecified atom stereocenters. The molecule has 1 atom stereocenters. The Kier molecular flexibility index (Phi) is 8.71. The number of nitrogens with one attached hydrogen (secondary N) is 1. The predicted molar refractivity (Wildman–Crippen MR) is 140 cm³/mol. The first-order valence-electron chi connectivity index (χ1n) is 11.5. The number of carbonyl (C=O) groups excluding carboxylic acids is 2. The first-order valence-corrected chi connectivity index (χ1v) is 13.3. The van der Waals surface area contributed by atoms with E-state index in [0.29, 0.717) is 17.2 Å². The lowest BCUT2D eigenvalue weighted by molar-refractivity contribution is -0.139. The highest BCUT2D eigenvalue weighted by Crippen LogP contribution is 2.26. The van der Waals surface area contributed by atoms with Crippen molar-refractivity contribution in [2.45, 2.75) is 26.4 Å². The standard InChI is InChI=1S/C27H31N3O5S/c1-20-9-8-10-22(17-20)18-29(21(2)27(32)28-3)26(31)19-30(36(4,33)34)23-13-15-25(16-14-23)35-24-11-6-5-7-12-24/h5-17,21H,18-19H2,1-4H3,(H,28,32). The van der Waals surface area contributed by atoms with E-state index in [2.05, 4.69) is 5.32 Å². The Morgan fingerprint density at radius 1 is 0.944 bits per heavy atom. The Morgan fingerprint density at radius 3 is 2.17 bits per heavy atom. The van der Waals surface area contributed by atoms with Crippen molar-refractivity contribution in [2.75, 3.05) is 24.2 Å². The molecule has 8 nitrogen and oxygen atoms in total. The molecule has 3 rings (SSSR count).